The summed E-state index contributed by atoms with van der Waals surface area (Å²) in [5.41, 5.74) is 1.26. The van der Waals surface area contributed by atoms with Crippen molar-refractivity contribution in [1.29, 1.82) is 0 Å². The lowest BCUT2D eigenvalue weighted by atomic mass is 9.88. The summed E-state index contributed by atoms with van der Waals surface area (Å²) in [7, 11) is 1.56. The van der Waals surface area contributed by atoms with Crippen LogP contribution in [0.15, 0.2) is 47.8 Å². The quantitative estimate of drug-likeness (QED) is 0.178. The van der Waals surface area contributed by atoms with E-state index in [-0.39, 0.29) is 24.3 Å². The molecule has 0 radical (unpaired) electrons. The third kappa shape index (κ3) is 7.70. The molecule has 1 saturated heterocycles. The Labute approximate surface area is 266 Å². The molecule has 47 heavy (non-hydrogen) atoms. The Morgan fingerprint density at radius 1 is 0.915 bits per heavy atom. The fourth-order valence-electron chi connectivity index (χ4n) is 5.53. The number of benzene rings is 2. The number of oxime groups is 1. The first kappa shape index (κ1) is 33.4. The van der Waals surface area contributed by atoms with Crippen LogP contribution in [0, 0.1) is 17.5 Å². The van der Waals surface area contributed by atoms with E-state index in [2.05, 4.69) is 15.5 Å². The lowest BCUT2D eigenvalue weighted by Gasteiger charge is -2.45. The second-order valence-electron chi connectivity index (χ2n) is 10.9. The zero-order valence-electron chi connectivity index (χ0n) is 25.7. The molecule has 250 valence electrons. The Morgan fingerprint density at radius 2 is 1.55 bits per heavy atom. The standard InChI is InChI=1S/C31H31F3N4O9/c1-15(39)43-14-27-31(45-17(3)41)29(38-13-25(35-37-38)19-9-22(32)28(34)23(33)10-19)30(44-16(2)40)26(46-27)12-21-11-24(36-47-21)18-5-7-20(42-4)8-6-18/h5-10,13,21,26-27,29-31H,11-12,14H2,1-4H3/t21-,26-,27-,29-,30+,31+/m1/s1. The average molecular weight is 661 g/mol. The zero-order chi connectivity index (χ0) is 33.8. The van der Waals surface area contributed by atoms with Crippen molar-refractivity contribution >= 4 is 23.6 Å². The molecule has 16 heteroatoms. The van der Waals surface area contributed by atoms with Crippen molar-refractivity contribution in [2.24, 2.45) is 5.16 Å². The highest BCUT2D eigenvalue weighted by Crippen LogP contribution is 2.38. The lowest BCUT2D eigenvalue weighted by Crippen LogP contribution is -2.59. The van der Waals surface area contributed by atoms with Gasteiger partial charge in [0.25, 0.3) is 0 Å². The molecule has 1 fully saturated rings. The minimum atomic E-state index is -1.65. The summed E-state index contributed by atoms with van der Waals surface area (Å²) < 4.78 is 71.0. The van der Waals surface area contributed by atoms with Crippen molar-refractivity contribution in [3.8, 4) is 17.0 Å². The molecule has 2 aliphatic rings. The molecule has 0 bridgehead atoms. The second-order valence-corrected chi connectivity index (χ2v) is 10.9. The SMILES string of the molecule is COc1ccc(C2=NO[C@@H](C[C@H]3O[C@H](COC(C)=O)[C@H](OC(C)=O)[C@H](n4cc(-c5cc(F)c(F)c(F)c5)nn4)[C@H]3OC(C)=O)C2)cc1. The summed E-state index contributed by atoms with van der Waals surface area (Å²) in [6.45, 7) is 3.15. The Kier molecular flexibility index (Phi) is 10.1. The topological polar surface area (TPSA) is 150 Å². The van der Waals surface area contributed by atoms with Crippen LogP contribution in [0.25, 0.3) is 11.3 Å². The van der Waals surface area contributed by atoms with Crippen molar-refractivity contribution in [3.05, 3.63) is 65.6 Å². The third-order valence-corrected chi connectivity index (χ3v) is 7.56. The van der Waals surface area contributed by atoms with Gasteiger partial charge in [-0.25, -0.2) is 17.9 Å². The van der Waals surface area contributed by atoms with E-state index in [0.29, 0.717) is 17.9 Å². The van der Waals surface area contributed by atoms with Gasteiger partial charge < -0.3 is 28.5 Å². The summed E-state index contributed by atoms with van der Waals surface area (Å²) in [5, 5.41) is 12.3. The molecule has 1 aromatic heterocycles. The van der Waals surface area contributed by atoms with Gasteiger partial charge in [0.1, 0.15) is 42.4 Å². The molecule has 3 heterocycles. The van der Waals surface area contributed by atoms with E-state index in [1.807, 2.05) is 12.1 Å². The van der Waals surface area contributed by atoms with Gasteiger partial charge in [-0.05, 0) is 42.0 Å². The number of hydrogen-bond acceptors (Lipinski definition) is 12. The van der Waals surface area contributed by atoms with Crippen LogP contribution in [0.5, 0.6) is 5.75 Å². The number of esters is 3. The van der Waals surface area contributed by atoms with Gasteiger partial charge in [0.2, 0.25) is 0 Å². The highest BCUT2D eigenvalue weighted by molar-refractivity contribution is 6.01. The number of carbonyl (C=O) groups excluding carboxylic acids is 3. The fourth-order valence-corrected chi connectivity index (χ4v) is 5.53. The Hall–Kier alpha value is -4.99. The molecular formula is C31H31F3N4O9. The number of methoxy groups -OCH3 is 1. The molecule has 13 nitrogen and oxygen atoms in total. The van der Waals surface area contributed by atoms with E-state index in [9.17, 15) is 27.6 Å². The molecule has 0 unspecified atom stereocenters. The first-order chi connectivity index (χ1) is 22.4. The summed E-state index contributed by atoms with van der Waals surface area (Å²) >= 11 is 0. The van der Waals surface area contributed by atoms with E-state index < -0.39 is 71.9 Å². The molecule has 2 aliphatic heterocycles. The number of hydrogen-bond donors (Lipinski definition) is 0. The Bertz CT molecular complexity index is 1640. The van der Waals surface area contributed by atoms with Gasteiger partial charge in [-0.1, -0.05) is 10.4 Å². The van der Waals surface area contributed by atoms with Crippen LogP contribution in [-0.2, 0) is 38.2 Å². The normalized spacial score (nSPS) is 23.8. The van der Waals surface area contributed by atoms with Crippen LogP contribution in [0.1, 0.15) is 45.2 Å². The van der Waals surface area contributed by atoms with E-state index in [0.717, 1.165) is 24.6 Å². The van der Waals surface area contributed by atoms with E-state index in [1.54, 1.807) is 19.2 Å². The van der Waals surface area contributed by atoms with E-state index in [4.69, 9.17) is 28.5 Å². The van der Waals surface area contributed by atoms with Gasteiger partial charge in [-0.2, -0.15) is 0 Å². The maximum Gasteiger partial charge on any atom is 0.303 e. The minimum absolute atomic E-state index is 0.0674. The second kappa shape index (κ2) is 14.2. The fraction of sp³-hybridized carbons (Fsp3) is 0.419. The van der Waals surface area contributed by atoms with Crippen LogP contribution in [0.4, 0.5) is 13.2 Å². The predicted octanol–water partition coefficient (Wildman–Crippen LogP) is 3.69. The summed E-state index contributed by atoms with van der Waals surface area (Å²) in [5.74, 6) is -5.95. The summed E-state index contributed by atoms with van der Waals surface area (Å²) in [4.78, 5) is 42.2. The molecule has 0 saturated carbocycles. The molecule has 3 aromatic rings. The Balaban J connectivity index is 1.49. The maximum atomic E-state index is 14.0. The smallest absolute Gasteiger partial charge is 0.303 e. The number of ether oxygens (including phenoxy) is 5. The van der Waals surface area contributed by atoms with Gasteiger partial charge in [0.05, 0.1) is 19.0 Å². The highest BCUT2D eigenvalue weighted by Gasteiger charge is 2.52. The number of aromatic nitrogens is 3. The number of carbonyl (C=O) groups is 3. The van der Waals surface area contributed by atoms with Crippen LogP contribution < -0.4 is 4.74 Å². The average Bonchev–Trinajstić information content (AvgIpc) is 3.70. The van der Waals surface area contributed by atoms with Crippen LogP contribution >= 0.6 is 0 Å². The monoisotopic (exact) mass is 660 g/mol. The van der Waals surface area contributed by atoms with Crippen molar-refractivity contribution in [1.82, 2.24) is 15.0 Å². The molecule has 0 aliphatic carbocycles. The minimum Gasteiger partial charge on any atom is -0.497 e. The molecule has 0 spiro atoms. The van der Waals surface area contributed by atoms with Crippen LogP contribution in [0.2, 0.25) is 0 Å². The van der Waals surface area contributed by atoms with Crippen molar-refractivity contribution in [2.75, 3.05) is 13.7 Å². The number of rotatable bonds is 10. The Morgan fingerprint density at radius 3 is 2.15 bits per heavy atom. The largest absolute Gasteiger partial charge is 0.497 e. The van der Waals surface area contributed by atoms with Gasteiger partial charge >= 0.3 is 17.9 Å². The zero-order valence-corrected chi connectivity index (χ0v) is 25.7. The van der Waals surface area contributed by atoms with Crippen molar-refractivity contribution < 1.29 is 56.1 Å². The summed E-state index contributed by atoms with van der Waals surface area (Å²) in [6, 6.07) is 7.57. The van der Waals surface area contributed by atoms with Gasteiger partial charge in [-0.15, -0.1) is 5.10 Å². The van der Waals surface area contributed by atoms with Crippen molar-refractivity contribution in [3.63, 3.8) is 0 Å². The van der Waals surface area contributed by atoms with Crippen LogP contribution in [0.3, 0.4) is 0 Å². The third-order valence-electron chi connectivity index (χ3n) is 7.56. The molecule has 0 amide bonds. The van der Waals surface area contributed by atoms with Crippen LogP contribution in [-0.4, -0.2) is 82.8 Å². The molecular weight excluding hydrogens is 629 g/mol. The molecule has 2 aromatic carbocycles. The van der Waals surface area contributed by atoms with Gasteiger partial charge in [0.15, 0.2) is 29.7 Å². The first-order valence-electron chi connectivity index (χ1n) is 14.5. The predicted molar refractivity (Wildman–Crippen MR) is 154 cm³/mol. The highest BCUT2D eigenvalue weighted by atomic mass is 19.2. The van der Waals surface area contributed by atoms with Gasteiger partial charge in [0, 0.05) is 39.2 Å². The number of halogens is 3. The molecule has 5 rings (SSSR count). The van der Waals surface area contributed by atoms with Crippen molar-refractivity contribution in [2.45, 2.75) is 70.2 Å². The number of nitrogens with zero attached hydrogens (tertiary/aromatic N) is 4. The lowest BCUT2D eigenvalue weighted by molar-refractivity contribution is -0.233. The molecule has 6 atom stereocenters. The maximum absolute atomic E-state index is 14.0. The van der Waals surface area contributed by atoms with Gasteiger partial charge in [-0.3, -0.25) is 14.4 Å². The van der Waals surface area contributed by atoms with E-state index in [1.165, 1.54) is 24.7 Å². The molecule has 0 N–H and O–H groups in total. The first-order valence-corrected chi connectivity index (χ1v) is 14.5. The summed E-state index contributed by atoms with van der Waals surface area (Å²) in [6.07, 6.45) is -3.33. The van der Waals surface area contributed by atoms with E-state index >= 15 is 0 Å².